The van der Waals surface area contributed by atoms with Crippen molar-refractivity contribution >= 4 is 6.29 Å². The highest BCUT2D eigenvalue weighted by molar-refractivity contribution is 5.46. The van der Waals surface area contributed by atoms with Crippen LogP contribution in [0, 0.1) is 0 Å². The summed E-state index contributed by atoms with van der Waals surface area (Å²) in [6.45, 7) is 1.07. The summed E-state index contributed by atoms with van der Waals surface area (Å²) in [5.41, 5.74) is 0. The maximum atomic E-state index is 9.95. The van der Waals surface area contributed by atoms with E-state index in [1.54, 1.807) is 7.11 Å². The van der Waals surface area contributed by atoms with Crippen LogP contribution in [0.4, 0.5) is 0 Å². The van der Waals surface area contributed by atoms with Gasteiger partial charge in [-0.25, -0.2) is 0 Å². The molecule has 0 atom stereocenters. The summed E-state index contributed by atoms with van der Waals surface area (Å²) in [4.78, 5) is 13.7. The highest BCUT2D eigenvalue weighted by atomic mass is 16.5. The van der Waals surface area contributed by atoms with Crippen molar-refractivity contribution in [2.45, 2.75) is 13.0 Å². The lowest BCUT2D eigenvalue weighted by Crippen LogP contribution is -2.32. The molecule has 0 spiro atoms. The minimum Gasteiger partial charge on any atom is -0.400 e. The molecular formula is C13H20N3O4+. The number of carbonyl (C=O) groups is 1. The van der Waals surface area contributed by atoms with Gasteiger partial charge in [0.2, 0.25) is 12.4 Å². The molecule has 110 valence electrons. The topological polar surface area (TPSA) is 89.3 Å². The Morgan fingerprint density at radius 2 is 2.05 bits per heavy atom. The van der Waals surface area contributed by atoms with E-state index < -0.39 is 0 Å². The minimum atomic E-state index is 0.445. The third-order valence-corrected chi connectivity index (χ3v) is 1.99. The summed E-state index contributed by atoms with van der Waals surface area (Å²) in [5.74, 6) is 0.622. The Hall–Kier alpha value is -2.12. The standard InChI is InChI=1S/C7H8NO.C5H8N2O2.CH4O/c9-7-6-8-4-2-1-3-5-8;1-8-3-2-5-6-4-7-9-5;1-2/h1-5,7H,6H2;4H,2-3H2,1H3;2H,1H3/q+1;;. The first kappa shape index (κ1) is 17.9. The zero-order chi connectivity index (χ0) is 15.1. The number of ether oxygens (including phenoxy) is 1. The first-order valence-electron chi connectivity index (χ1n) is 5.93. The number of aromatic nitrogens is 3. The van der Waals surface area contributed by atoms with Gasteiger partial charge in [0.25, 0.3) is 0 Å². The first-order valence-corrected chi connectivity index (χ1v) is 5.93. The van der Waals surface area contributed by atoms with Crippen LogP contribution in [-0.2, 0) is 22.5 Å². The number of aliphatic hydroxyl groups excluding tert-OH is 1. The van der Waals surface area contributed by atoms with Gasteiger partial charge < -0.3 is 14.4 Å². The molecule has 2 heterocycles. The van der Waals surface area contributed by atoms with Crippen molar-refractivity contribution in [2.75, 3.05) is 20.8 Å². The van der Waals surface area contributed by atoms with Crippen molar-refractivity contribution in [3.63, 3.8) is 0 Å². The molecular weight excluding hydrogens is 262 g/mol. The molecule has 0 aliphatic carbocycles. The number of aliphatic hydroxyl groups is 1. The smallest absolute Gasteiger partial charge is 0.228 e. The van der Waals surface area contributed by atoms with Gasteiger partial charge in [0.15, 0.2) is 25.0 Å². The lowest BCUT2D eigenvalue weighted by atomic mass is 10.5. The Bertz CT molecular complexity index is 420. The maximum Gasteiger partial charge on any atom is 0.228 e. The van der Waals surface area contributed by atoms with Gasteiger partial charge >= 0.3 is 0 Å². The van der Waals surface area contributed by atoms with Crippen LogP contribution in [0.15, 0.2) is 41.4 Å². The fourth-order valence-corrected chi connectivity index (χ4v) is 1.14. The summed E-state index contributed by atoms with van der Waals surface area (Å²) < 4.78 is 11.3. The Balaban J connectivity index is 0.000000321. The predicted octanol–water partition coefficient (Wildman–Crippen LogP) is 0.0400. The average Bonchev–Trinajstić information content (AvgIpc) is 3.03. The number of hydrogen-bond donors (Lipinski definition) is 1. The number of methoxy groups -OCH3 is 1. The van der Waals surface area contributed by atoms with Crippen LogP contribution < -0.4 is 4.57 Å². The van der Waals surface area contributed by atoms with Crippen LogP contribution in [0.2, 0.25) is 0 Å². The quantitative estimate of drug-likeness (QED) is 0.615. The Morgan fingerprint density at radius 3 is 2.55 bits per heavy atom. The average molecular weight is 282 g/mol. The molecule has 0 bridgehead atoms. The molecule has 0 radical (unpaired) electrons. The second-order valence-corrected chi connectivity index (χ2v) is 3.32. The van der Waals surface area contributed by atoms with Crippen LogP contribution in [0.3, 0.4) is 0 Å². The molecule has 0 aliphatic heterocycles. The van der Waals surface area contributed by atoms with Gasteiger partial charge in [-0.15, -0.1) is 0 Å². The second-order valence-electron chi connectivity index (χ2n) is 3.32. The third-order valence-electron chi connectivity index (χ3n) is 1.99. The number of pyridine rings is 1. The normalized spacial score (nSPS) is 8.75. The predicted molar refractivity (Wildman–Crippen MR) is 70.7 cm³/mol. The number of aldehydes is 1. The maximum absolute atomic E-state index is 9.95. The molecule has 7 nitrogen and oxygen atoms in total. The molecule has 0 amide bonds. The van der Waals surface area contributed by atoms with E-state index in [2.05, 4.69) is 10.1 Å². The molecule has 0 saturated heterocycles. The van der Waals surface area contributed by atoms with Gasteiger partial charge in [-0.1, -0.05) is 11.2 Å². The lowest BCUT2D eigenvalue weighted by molar-refractivity contribution is -0.682. The van der Waals surface area contributed by atoms with Crippen LogP contribution in [0.25, 0.3) is 0 Å². The van der Waals surface area contributed by atoms with Gasteiger partial charge in [-0.3, -0.25) is 4.79 Å². The molecule has 2 rings (SSSR count). The van der Waals surface area contributed by atoms with Crippen molar-refractivity contribution in [1.29, 1.82) is 0 Å². The van der Waals surface area contributed by atoms with E-state index in [0.29, 0.717) is 25.5 Å². The molecule has 2 aromatic heterocycles. The zero-order valence-corrected chi connectivity index (χ0v) is 11.7. The van der Waals surface area contributed by atoms with Crippen molar-refractivity contribution in [3.8, 4) is 0 Å². The van der Waals surface area contributed by atoms with Crippen LogP contribution in [0.1, 0.15) is 5.89 Å². The fourth-order valence-electron chi connectivity index (χ4n) is 1.14. The van der Waals surface area contributed by atoms with Crippen molar-refractivity contribution in [3.05, 3.63) is 42.8 Å². The Morgan fingerprint density at radius 1 is 1.35 bits per heavy atom. The number of carbonyl (C=O) groups excluding carboxylic acids is 1. The first-order chi connectivity index (χ1) is 9.86. The molecule has 0 unspecified atom stereocenters. The van der Waals surface area contributed by atoms with Crippen molar-refractivity contribution in [1.82, 2.24) is 10.1 Å². The molecule has 20 heavy (non-hydrogen) atoms. The number of rotatable bonds is 5. The highest BCUT2D eigenvalue weighted by Crippen LogP contribution is 1.90. The molecule has 0 aromatic carbocycles. The zero-order valence-electron chi connectivity index (χ0n) is 11.7. The van der Waals surface area contributed by atoms with E-state index in [1.165, 1.54) is 6.33 Å². The summed E-state index contributed by atoms with van der Waals surface area (Å²) in [5, 5.41) is 10.4. The summed E-state index contributed by atoms with van der Waals surface area (Å²) in [6, 6.07) is 5.70. The molecule has 0 aliphatic rings. The fraction of sp³-hybridized carbons (Fsp3) is 0.385. The molecule has 0 saturated carbocycles. The Labute approximate surface area is 117 Å². The monoisotopic (exact) mass is 282 g/mol. The van der Waals surface area contributed by atoms with Gasteiger partial charge in [0.05, 0.1) is 13.0 Å². The van der Waals surface area contributed by atoms with E-state index in [0.717, 1.165) is 13.4 Å². The number of hydrogen-bond acceptors (Lipinski definition) is 6. The van der Waals surface area contributed by atoms with Crippen molar-refractivity contribution in [2.24, 2.45) is 0 Å². The second kappa shape index (κ2) is 13.3. The number of nitrogens with zero attached hydrogens (tertiary/aromatic N) is 3. The van der Waals surface area contributed by atoms with E-state index in [9.17, 15) is 4.79 Å². The van der Waals surface area contributed by atoms with Gasteiger partial charge in [-0.2, -0.15) is 9.55 Å². The van der Waals surface area contributed by atoms with E-state index in [1.807, 2.05) is 35.2 Å². The molecule has 0 fully saturated rings. The molecule has 2 aromatic rings. The van der Waals surface area contributed by atoms with E-state index in [-0.39, 0.29) is 0 Å². The van der Waals surface area contributed by atoms with Crippen LogP contribution in [0.5, 0.6) is 0 Å². The SMILES string of the molecule is CO.COCCc1ncno1.O=CC[n+]1ccccc1. The highest BCUT2D eigenvalue weighted by Gasteiger charge is 1.95. The summed E-state index contributed by atoms with van der Waals surface area (Å²) in [7, 11) is 2.64. The van der Waals surface area contributed by atoms with Crippen molar-refractivity contribution < 1.29 is 23.7 Å². The third kappa shape index (κ3) is 8.90. The van der Waals surface area contributed by atoms with E-state index >= 15 is 0 Å². The molecule has 7 heteroatoms. The van der Waals surface area contributed by atoms with E-state index in [4.69, 9.17) is 14.4 Å². The lowest BCUT2D eigenvalue weighted by Gasteiger charge is -1.89. The largest absolute Gasteiger partial charge is 0.400 e. The van der Waals surface area contributed by atoms with Gasteiger partial charge in [-0.05, 0) is 0 Å². The Kier molecular flexibility index (Phi) is 11.9. The van der Waals surface area contributed by atoms with Crippen LogP contribution >= 0.6 is 0 Å². The van der Waals surface area contributed by atoms with Gasteiger partial charge in [0.1, 0.15) is 0 Å². The molecule has 1 N–H and O–H groups in total. The van der Waals surface area contributed by atoms with Gasteiger partial charge in [0, 0.05) is 26.4 Å². The summed E-state index contributed by atoms with van der Waals surface area (Å²) in [6.07, 6.45) is 6.66. The minimum absolute atomic E-state index is 0.445. The summed E-state index contributed by atoms with van der Waals surface area (Å²) >= 11 is 0. The van der Waals surface area contributed by atoms with Crippen LogP contribution in [-0.4, -0.2) is 42.4 Å².